The van der Waals surface area contributed by atoms with Gasteiger partial charge < -0.3 is 9.30 Å². The maximum absolute atomic E-state index is 11.6. The Morgan fingerprint density at radius 1 is 0.833 bits per heavy atom. The fourth-order valence-electron chi connectivity index (χ4n) is 3.26. The van der Waals surface area contributed by atoms with Gasteiger partial charge in [0.15, 0.2) is 0 Å². The van der Waals surface area contributed by atoms with E-state index in [1.807, 2.05) is 59.3 Å². The Bertz CT molecular complexity index is 1280. The van der Waals surface area contributed by atoms with Crippen LogP contribution in [0.2, 0.25) is 5.02 Å². The minimum absolute atomic E-state index is 0.0711. The molecule has 3 aromatic carbocycles. The van der Waals surface area contributed by atoms with E-state index in [4.69, 9.17) is 21.5 Å². The molecule has 0 radical (unpaired) electrons. The van der Waals surface area contributed by atoms with Crippen LogP contribution < -0.4 is 9.88 Å². The molecule has 0 aliphatic carbocycles. The van der Waals surface area contributed by atoms with E-state index in [9.17, 15) is 8.42 Å². The second kappa shape index (κ2) is 7.99. The van der Waals surface area contributed by atoms with Gasteiger partial charge in [-0.1, -0.05) is 35.9 Å². The molecule has 0 spiro atoms. The number of nitrogens with two attached hydrogens (primary N) is 1. The molecule has 152 valence electrons. The Hall–Kier alpha value is -3.06. The van der Waals surface area contributed by atoms with Crippen LogP contribution in [0.4, 0.5) is 0 Å². The van der Waals surface area contributed by atoms with Crippen LogP contribution in [-0.2, 0) is 10.0 Å². The molecular weight excluding hydrogens is 420 g/mol. The summed E-state index contributed by atoms with van der Waals surface area (Å²) in [5.41, 5.74) is 4.78. The highest BCUT2D eigenvalue weighted by molar-refractivity contribution is 7.89. The summed E-state index contributed by atoms with van der Waals surface area (Å²) in [5, 5.41) is 5.88. The monoisotopic (exact) mass is 438 g/mol. The zero-order chi connectivity index (χ0) is 21.3. The van der Waals surface area contributed by atoms with E-state index in [2.05, 4.69) is 6.07 Å². The summed E-state index contributed by atoms with van der Waals surface area (Å²) in [4.78, 5) is 0.0711. The predicted octanol–water partition coefficient (Wildman–Crippen LogP) is 5.12. The van der Waals surface area contributed by atoms with Crippen LogP contribution in [0, 0.1) is 0 Å². The molecule has 7 heteroatoms. The third-order valence-electron chi connectivity index (χ3n) is 4.83. The molecule has 2 N–H and O–H groups in total. The van der Waals surface area contributed by atoms with Crippen molar-refractivity contribution in [1.29, 1.82) is 0 Å². The molecule has 0 aliphatic rings. The van der Waals surface area contributed by atoms with Crippen LogP contribution in [0.5, 0.6) is 5.75 Å². The number of methoxy groups -OCH3 is 1. The highest BCUT2D eigenvalue weighted by Crippen LogP contribution is 2.32. The molecule has 0 saturated heterocycles. The zero-order valence-corrected chi connectivity index (χ0v) is 17.7. The summed E-state index contributed by atoms with van der Waals surface area (Å²) in [6, 6.07) is 23.9. The van der Waals surface area contributed by atoms with E-state index >= 15 is 0 Å². The van der Waals surface area contributed by atoms with Crippen LogP contribution in [0.15, 0.2) is 90.0 Å². The highest BCUT2D eigenvalue weighted by Gasteiger charge is 2.13. The van der Waals surface area contributed by atoms with Gasteiger partial charge >= 0.3 is 0 Å². The topological polar surface area (TPSA) is 74.3 Å². The SMILES string of the molecule is COc1ccc(-c2cc(-c3ccc(Cl)cc3)n(-c3ccc(S(N)(=O)=O)cc3)c2)cc1. The lowest BCUT2D eigenvalue weighted by atomic mass is 10.1. The van der Waals surface area contributed by atoms with Crippen LogP contribution in [0.1, 0.15) is 0 Å². The third-order valence-corrected chi connectivity index (χ3v) is 6.01. The van der Waals surface area contributed by atoms with Crippen molar-refractivity contribution in [3.63, 3.8) is 0 Å². The molecule has 0 fully saturated rings. The largest absolute Gasteiger partial charge is 0.497 e. The van der Waals surface area contributed by atoms with Gasteiger partial charge in [0.2, 0.25) is 10.0 Å². The van der Waals surface area contributed by atoms with Gasteiger partial charge in [-0.2, -0.15) is 0 Å². The Labute approximate surface area is 180 Å². The van der Waals surface area contributed by atoms with Gasteiger partial charge in [0, 0.05) is 22.5 Å². The number of ether oxygens (including phenoxy) is 1. The van der Waals surface area contributed by atoms with Crippen LogP contribution in [-0.4, -0.2) is 20.1 Å². The zero-order valence-electron chi connectivity index (χ0n) is 16.1. The average Bonchev–Trinajstić information content (AvgIpc) is 3.19. The van der Waals surface area contributed by atoms with Crippen LogP contribution in [0.25, 0.3) is 28.1 Å². The lowest BCUT2D eigenvalue weighted by Gasteiger charge is -2.10. The molecule has 1 heterocycles. The summed E-state index contributed by atoms with van der Waals surface area (Å²) in [6.45, 7) is 0. The fraction of sp³-hybridized carbons (Fsp3) is 0.0435. The Morgan fingerprint density at radius 2 is 1.43 bits per heavy atom. The molecule has 0 unspecified atom stereocenters. The van der Waals surface area contributed by atoms with Crippen LogP contribution in [0.3, 0.4) is 0 Å². The standard InChI is InChI=1S/C23H19ClN2O3S/c1-29-21-10-4-16(5-11-21)18-14-23(17-2-6-19(24)7-3-17)26(15-18)20-8-12-22(13-9-20)30(25,27)28/h2-15H,1H3,(H2,25,27,28). The first kappa shape index (κ1) is 20.2. The number of primary sulfonamides is 1. The molecule has 4 aromatic rings. The van der Waals surface area contributed by atoms with E-state index in [0.29, 0.717) is 5.02 Å². The number of benzene rings is 3. The summed E-state index contributed by atoms with van der Waals surface area (Å²) >= 11 is 6.06. The average molecular weight is 439 g/mol. The predicted molar refractivity (Wildman–Crippen MR) is 120 cm³/mol. The van der Waals surface area contributed by atoms with Gasteiger partial charge in [-0.15, -0.1) is 0 Å². The fourth-order valence-corrected chi connectivity index (χ4v) is 3.90. The van der Waals surface area contributed by atoms with Gasteiger partial charge in [-0.05, 0) is 65.7 Å². The summed E-state index contributed by atoms with van der Waals surface area (Å²) in [7, 11) is -2.11. The van der Waals surface area contributed by atoms with E-state index < -0.39 is 10.0 Å². The molecule has 0 amide bonds. The van der Waals surface area contributed by atoms with Crippen molar-refractivity contribution in [3.8, 4) is 33.8 Å². The molecule has 5 nitrogen and oxygen atoms in total. The van der Waals surface area contributed by atoms with Crippen LogP contribution >= 0.6 is 11.6 Å². The molecular formula is C23H19ClN2O3S. The smallest absolute Gasteiger partial charge is 0.238 e. The number of hydrogen-bond acceptors (Lipinski definition) is 3. The van der Waals surface area contributed by atoms with Crippen molar-refractivity contribution >= 4 is 21.6 Å². The van der Waals surface area contributed by atoms with Gasteiger partial charge in [-0.3, -0.25) is 0 Å². The van der Waals surface area contributed by atoms with E-state index in [0.717, 1.165) is 33.8 Å². The second-order valence-corrected chi connectivity index (χ2v) is 8.76. The Morgan fingerprint density at radius 3 is 2.00 bits per heavy atom. The number of hydrogen-bond donors (Lipinski definition) is 1. The third kappa shape index (κ3) is 4.11. The lowest BCUT2D eigenvalue weighted by molar-refractivity contribution is 0.415. The second-order valence-electron chi connectivity index (χ2n) is 6.76. The van der Waals surface area contributed by atoms with Gasteiger partial charge in [0.1, 0.15) is 5.75 Å². The summed E-state index contributed by atoms with van der Waals surface area (Å²) in [6.07, 6.45) is 2.01. The van der Waals surface area contributed by atoms with Gasteiger partial charge in [-0.25, -0.2) is 13.6 Å². The number of rotatable bonds is 5. The molecule has 4 rings (SSSR count). The molecule has 0 atom stereocenters. The maximum atomic E-state index is 11.6. The Balaban J connectivity index is 1.84. The van der Waals surface area contributed by atoms with E-state index in [1.165, 1.54) is 12.1 Å². The molecule has 1 aromatic heterocycles. The van der Waals surface area contributed by atoms with Crippen molar-refractivity contribution < 1.29 is 13.2 Å². The number of halogens is 1. The lowest BCUT2D eigenvalue weighted by Crippen LogP contribution is -2.12. The minimum Gasteiger partial charge on any atom is -0.497 e. The normalized spacial score (nSPS) is 11.4. The van der Waals surface area contributed by atoms with E-state index in [1.54, 1.807) is 19.2 Å². The van der Waals surface area contributed by atoms with Crippen molar-refractivity contribution in [2.45, 2.75) is 4.90 Å². The van der Waals surface area contributed by atoms with Crippen molar-refractivity contribution in [1.82, 2.24) is 4.57 Å². The minimum atomic E-state index is -3.75. The van der Waals surface area contributed by atoms with Crippen molar-refractivity contribution in [2.24, 2.45) is 5.14 Å². The summed E-state index contributed by atoms with van der Waals surface area (Å²) < 4.78 is 30.4. The quantitative estimate of drug-likeness (QED) is 0.470. The number of sulfonamides is 1. The molecule has 30 heavy (non-hydrogen) atoms. The Kier molecular flexibility index (Phi) is 5.39. The molecule has 0 bridgehead atoms. The molecule has 0 aliphatic heterocycles. The van der Waals surface area contributed by atoms with Crippen molar-refractivity contribution in [3.05, 3.63) is 90.1 Å². The highest BCUT2D eigenvalue weighted by atomic mass is 35.5. The van der Waals surface area contributed by atoms with Gasteiger partial charge in [0.25, 0.3) is 0 Å². The molecule has 0 saturated carbocycles. The maximum Gasteiger partial charge on any atom is 0.238 e. The van der Waals surface area contributed by atoms with Crippen molar-refractivity contribution in [2.75, 3.05) is 7.11 Å². The number of nitrogens with zero attached hydrogens (tertiary/aromatic N) is 1. The number of aromatic nitrogens is 1. The summed E-state index contributed by atoms with van der Waals surface area (Å²) in [5.74, 6) is 0.787. The first-order valence-corrected chi connectivity index (χ1v) is 11.0. The van der Waals surface area contributed by atoms with Gasteiger partial charge in [0.05, 0.1) is 17.7 Å². The first-order valence-electron chi connectivity index (χ1n) is 9.11. The first-order chi connectivity index (χ1) is 14.3. The van der Waals surface area contributed by atoms with E-state index in [-0.39, 0.29) is 4.90 Å².